The second-order valence-electron chi connectivity index (χ2n) is 8.67. The van der Waals surface area contributed by atoms with Gasteiger partial charge in [0.05, 0.1) is 0 Å². The molecular weight excluding hydrogens is 336 g/mol. The number of carbonyl (C=O) groups excluding carboxylic acids is 1. The molecule has 2 bridgehead atoms. The lowest BCUT2D eigenvalue weighted by Gasteiger charge is -2.34. The Hall–Kier alpha value is -2.29. The van der Waals surface area contributed by atoms with Crippen LogP contribution in [-0.4, -0.2) is 5.97 Å². The quantitative estimate of drug-likeness (QED) is 0.807. The molecule has 0 amide bonds. The van der Waals surface area contributed by atoms with E-state index in [-0.39, 0.29) is 5.92 Å². The third kappa shape index (κ3) is 3.03. The van der Waals surface area contributed by atoms with Crippen LogP contribution in [0.5, 0.6) is 11.5 Å². The summed E-state index contributed by atoms with van der Waals surface area (Å²) in [7, 11) is 0. The normalized spacial score (nSPS) is 33.8. The van der Waals surface area contributed by atoms with E-state index in [2.05, 4.69) is 18.2 Å². The minimum atomic E-state index is -0.810. The van der Waals surface area contributed by atoms with Crippen LogP contribution in [0.3, 0.4) is 0 Å². The number of hydrogen-bond donors (Lipinski definition) is 0. The summed E-state index contributed by atoms with van der Waals surface area (Å²) in [5.41, 5.74) is 1.33. The van der Waals surface area contributed by atoms with Gasteiger partial charge in [0.15, 0.2) is 0 Å². The van der Waals surface area contributed by atoms with Crippen molar-refractivity contribution in [2.24, 2.45) is 35.5 Å². The number of ether oxygens (including phenoxy) is 1. The van der Waals surface area contributed by atoms with E-state index in [9.17, 15) is 9.90 Å². The fourth-order valence-corrected chi connectivity index (χ4v) is 6.45. The van der Waals surface area contributed by atoms with Gasteiger partial charge >= 0.3 is 0 Å². The molecule has 27 heavy (non-hydrogen) atoms. The lowest BCUT2D eigenvalue weighted by Crippen LogP contribution is -2.39. The number of carboxylic acid groups (broad SMARTS) is 1. The molecule has 140 valence electrons. The predicted molar refractivity (Wildman–Crippen MR) is 101 cm³/mol. The maximum atomic E-state index is 11.4. The number of carboxylic acids is 1. The van der Waals surface area contributed by atoms with Crippen molar-refractivity contribution in [3.05, 3.63) is 60.2 Å². The topological polar surface area (TPSA) is 49.4 Å². The van der Waals surface area contributed by atoms with Crippen LogP contribution in [0.15, 0.2) is 54.6 Å². The van der Waals surface area contributed by atoms with Crippen LogP contribution >= 0.6 is 0 Å². The molecule has 2 aromatic carbocycles. The van der Waals surface area contributed by atoms with Crippen LogP contribution in [0.2, 0.25) is 0 Å². The van der Waals surface area contributed by atoms with Gasteiger partial charge in [-0.25, -0.2) is 0 Å². The molecule has 2 aromatic rings. The van der Waals surface area contributed by atoms with E-state index in [1.165, 1.54) is 18.4 Å². The van der Waals surface area contributed by atoms with Crippen molar-refractivity contribution < 1.29 is 14.6 Å². The summed E-state index contributed by atoms with van der Waals surface area (Å²) in [5, 5.41) is 11.4. The summed E-state index contributed by atoms with van der Waals surface area (Å²) < 4.78 is 5.99. The van der Waals surface area contributed by atoms with E-state index in [1.54, 1.807) is 0 Å². The van der Waals surface area contributed by atoms with Gasteiger partial charge in [0.2, 0.25) is 0 Å². The molecule has 5 rings (SSSR count). The molecule has 6 atom stereocenters. The molecular formula is C24H25O3-. The Labute approximate surface area is 160 Å². The molecule has 0 saturated heterocycles. The summed E-state index contributed by atoms with van der Waals surface area (Å²) in [5.74, 6) is 3.73. The monoisotopic (exact) mass is 361 g/mol. The third-order valence-electron chi connectivity index (χ3n) is 7.33. The van der Waals surface area contributed by atoms with E-state index < -0.39 is 5.97 Å². The molecule has 0 aromatic heterocycles. The zero-order chi connectivity index (χ0) is 18.4. The molecule has 3 fully saturated rings. The van der Waals surface area contributed by atoms with Crippen molar-refractivity contribution in [2.45, 2.75) is 32.1 Å². The van der Waals surface area contributed by atoms with Gasteiger partial charge in [0, 0.05) is 11.9 Å². The Morgan fingerprint density at radius 2 is 1.78 bits per heavy atom. The Morgan fingerprint density at radius 1 is 0.963 bits per heavy atom. The molecule has 3 nitrogen and oxygen atoms in total. The van der Waals surface area contributed by atoms with Gasteiger partial charge < -0.3 is 14.6 Å². The van der Waals surface area contributed by atoms with Gasteiger partial charge in [0.25, 0.3) is 0 Å². The van der Waals surface area contributed by atoms with Crippen LogP contribution in [0, 0.1) is 35.5 Å². The molecule has 0 N–H and O–H groups in total. The molecule has 2 unspecified atom stereocenters. The number of aliphatic carboxylic acids is 1. The van der Waals surface area contributed by atoms with Gasteiger partial charge in [0.1, 0.15) is 11.5 Å². The average Bonchev–Trinajstić information content (AvgIpc) is 3.36. The average molecular weight is 361 g/mol. The highest BCUT2D eigenvalue weighted by molar-refractivity contribution is 5.69. The van der Waals surface area contributed by atoms with Gasteiger partial charge in [-0.05, 0) is 91.5 Å². The first kappa shape index (κ1) is 16.9. The van der Waals surface area contributed by atoms with Crippen molar-refractivity contribution in [3.63, 3.8) is 0 Å². The van der Waals surface area contributed by atoms with Crippen molar-refractivity contribution in [1.29, 1.82) is 0 Å². The van der Waals surface area contributed by atoms with Crippen molar-refractivity contribution >= 4 is 5.97 Å². The lowest BCUT2D eigenvalue weighted by molar-refractivity contribution is -0.314. The van der Waals surface area contributed by atoms with Crippen LogP contribution in [0.4, 0.5) is 0 Å². The maximum Gasteiger partial charge on any atom is 0.127 e. The summed E-state index contributed by atoms with van der Waals surface area (Å²) in [4.78, 5) is 11.4. The number of carbonyl (C=O) groups is 1. The first-order chi connectivity index (χ1) is 13.2. The van der Waals surface area contributed by atoms with Gasteiger partial charge in [-0.2, -0.15) is 0 Å². The van der Waals surface area contributed by atoms with Crippen LogP contribution in [-0.2, 0) is 11.2 Å². The van der Waals surface area contributed by atoms with Crippen LogP contribution in [0.25, 0.3) is 0 Å². The number of hydrogen-bond acceptors (Lipinski definition) is 3. The highest BCUT2D eigenvalue weighted by atomic mass is 16.5. The fourth-order valence-electron chi connectivity index (χ4n) is 6.45. The van der Waals surface area contributed by atoms with E-state index in [0.717, 1.165) is 30.8 Å². The number of para-hydroxylation sites is 1. The molecule has 3 saturated carbocycles. The second-order valence-corrected chi connectivity index (χ2v) is 8.67. The van der Waals surface area contributed by atoms with Gasteiger partial charge in [-0.15, -0.1) is 0 Å². The largest absolute Gasteiger partial charge is 0.550 e. The van der Waals surface area contributed by atoms with Crippen molar-refractivity contribution in [3.8, 4) is 11.5 Å². The highest BCUT2D eigenvalue weighted by Crippen LogP contribution is 2.63. The summed E-state index contributed by atoms with van der Waals surface area (Å²) in [6.07, 6.45) is 5.46. The van der Waals surface area contributed by atoms with Crippen LogP contribution < -0.4 is 9.84 Å². The smallest absolute Gasteiger partial charge is 0.127 e. The zero-order valence-corrected chi connectivity index (χ0v) is 15.4. The van der Waals surface area contributed by atoms with E-state index >= 15 is 0 Å². The summed E-state index contributed by atoms with van der Waals surface area (Å²) >= 11 is 0. The summed E-state index contributed by atoms with van der Waals surface area (Å²) in [6.45, 7) is 0. The second kappa shape index (κ2) is 6.70. The van der Waals surface area contributed by atoms with E-state index in [1.807, 2.05) is 36.4 Å². The molecule has 0 aliphatic heterocycles. The van der Waals surface area contributed by atoms with Crippen LogP contribution in [0.1, 0.15) is 31.2 Å². The SMILES string of the molecule is O=C([O-])[C@@H]1CC2C[C@H]1[C@H]1CCC(Cc3cccc(Oc4ccccc4)c3)[C@@H]21. The fraction of sp³-hybridized carbons (Fsp3) is 0.458. The molecule has 0 heterocycles. The molecule has 0 radical (unpaired) electrons. The predicted octanol–water partition coefficient (Wildman–Crippen LogP) is 4.07. The minimum absolute atomic E-state index is 0.183. The van der Waals surface area contributed by atoms with Crippen molar-refractivity contribution in [1.82, 2.24) is 0 Å². The zero-order valence-electron chi connectivity index (χ0n) is 15.4. The van der Waals surface area contributed by atoms with E-state index in [4.69, 9.17) is 4.74 Å². The first-order valence-corrected chi connectivity index (χ1v) is 10.2. The Balaban J connectivity index is 1.28. The number of fused-ring (bicyclic) bond motifs is 5. The highest BCUT2D eigenvalue weighted by Gasteiger charge is 2.56. The standard InChI is InChI=1S/C24H26O3/c25-24(26)22-14-17-13-21(22)20-10-9-16(23(17)20)11-15-5-4-8-19(12-15)27-18-6-2-1-3-7-18/h1-8,12,16-17,20-23H,9-11,13-14H2,(H,25,26)/p-1/t16?,17?,20-,21+,22-,23+/m1/s1. The molecule has 3 heteroatoms. The minimum Gasteiger partial charge on any atom is -0.550 e. The molecule has 3 aliphatic carbocycles. The number of benzene rings is 2. The molecule has 0 spiro atoms. The Morgan fingerprint density at radius 3 is 2.59 bits per heavy atom. The summed E-state index contributed by atoms with van der Waals surface area (Å²) in [6, 6.07) is 18.3. The lowest BCUT2D eigenvalue weighted by atomic mass is 9.72. The number of rotatable bonds is 5. The van der Waals surface area contributed by atoms with E-state index in [0.29, 0.717) is 29.6 Å². The molecule has 3 aliphatic rings. The third-order valence-corrected chi connectivity index (χ3v) is 7.33. The first-order valence-electron chi connectivity index (χ1n) is 10.2. The van der Waals surface area contributed by atoms with Gasteiger partial charge in [-0.3, -0.25) is 0 Å². The maximum absolute atomic E-state index is 11.4. The van der Waals surface area contributed by atoms with Gasteiger partial charge in [-0.1, -0.05) is 30.3 Å². The Kier molecular flexibility index (Phi) is 4.18. The van der Waals surface area contributed by atoms with Crippen molar-refractivity contribution in [2.75, 3.05) is 0 Å². The Bertz CT molecular complexity index is 831.